The molecule has 2 aliphatic heterocycles. The highest BCUT2D eigenvalue weighted by Gasteiger charge is 2.34. The Morgan fingerprint density at radius 3 is 2.59 bits per heavy atom. The molecule has 0 aromatic heterocycles. The third-order valence-corrected chi connectivity index (χ3v) is 4.89. The van der Waals surface area contributed by atoms with Crippen LogP contribution in [-0.4, -0.2) is 55.6 Å². The summed E-state index contributed by atoms with van der Waals surface area (Å²) in [7, 11) is 0. The normalized spacial score (nSPS) is 15.6. The number of ether oxygens (including phenoxy) is 2. The maximum absolute atomic E-state index is 12.5. The number of anilines is 1. The van der Waals surface area contributed by atoms with E-state index in [1.54, 1.807) is 18.2 Å². The maximum Gasteiger partial charge on any atom is 0.316 e. The Kier molecular flexibility index (Phi) is 5.33. The van der Waals surface area contributed by atoms with Gasteiger partial charge in [0.1, 0.15) is 6.54 Å². The van der Waals surface area contributed by atoms with E-state index in [4.69, 9.17) is 9.47 Å². The van der Waals surface area contributed by atoms with Crippen LogP contribution < -0.4 is 19.7 Å². The molecule has 0 saturated carbocycles. The minimum absolute atomic E-state index is 0.131. The van der Waals surface area contributed by atoms with Gasteiger partial charge in [-0.15, -0.1) is 0 Å². The molecule has 150 valence electrons. The lowest BCUT2D eigenvalue weighted by atomic mass is 10.1. The molecule has 0 unspecified atom stereocenters. The van der Waals surface area contributed by atoms with Crippen LogP contribution in [0.5, 0.6) is 11.5 Å². The van der Waals surface area contributed by atoms with Crippen molar-refractivity contribution in [3.8, 4) is 11.5 Å². The van der Waals surface area contributed by atoms with E-state index in [2.05, 4.69) is 5.32 Å². The highest BCUT2D eigenvalue weighted by Crippen LogP contribution is 2.35. The molecule has 1 N–H and O–H groups in total. The van der Waals surface area contributed by atoms with Gasteiger partial charge in [-0.3, -0.25) is 14.4 Å². The SMILES string of the molecule is O=C(CN1CCN(c2ccc3c(c2)OCO3)C(=O)C1=O)NCCc1ccccc1. The second-order valence-electron chi connectivity index (χ2n) is 6.81. The molecular weight excluding hydrogens is 374 g/mol. The molecule has 4 rings (SSSR count). The van der Waals surface area contributed by atoms with E-state index in [1.165, 1.54) is 9.80 Å². The van der Waals surface area contributed by atoms with E-state index >= 15 is 0 Å². The quantitative estimate of drug-likeness (QED) is 0.736. The largest absolute Gasteiger partial charge is 0.454 e. The minimum Gasteiger partial charge on any atom is -0.454 e. The van der Waals surface area contributed by atoms with Crippen LogP contribution in [0.2, 0.25) is 0 Å². The van der Waals surface area contributed by atoms with Crippen LogP contribution in [0.1, 0.15) is 5.56 Å². The monoisotopic (exact) mass is 395 g/mol. The van der Waals surface area contributed by atoms with Crippen LogP contribution >= 0.6 is 0 Å². The predicted octanol–water partition coefficient (Wildman–Crippen LogP) is 0.949. The van der Waals surface area contributed by atoms with Crippen LogP contribution in [0.25, 0.3) is 0 Å². The van der Waals surface area contributed by atoms with Gasteiger partial charge in [-0.1, -0.05) is 30.3 Å². The van der Waals surface area contributed by atoms with Crippen LogP contribution in [0, 0.1) is 0 Å². The third kappa shape index (κ3) is 4.16. The number of rotatable bonds is 6. The van der Waals surface area contributed by atoms with Crippen LogP contribution in [0.4, 0.5) is 5.69 Å². The van der Waals surface area contributed by atoms with Crippen molar-refractivity contribution in [3.63, 3.8) is 0 Å². The fourth-order valence-electron chi connectivity index (χ4n) is 3.35. The van der Waals surface area contributed by atoms with Gasteiger partial charge >= 0.3 is 11.8 Å². The number of fused-ring (bicyclic) bond motifs is 1. The Morgan fingerprint density at radius 2 is 1.76 bits per heavy atom. The van der Waals surface area contributed by atoms with Crippen molar-refractivity contribution in [1.29, 1.82) is 0 Å². The molecule has 0 spiro atoms. The topological polar surface area (TPSA) is 88.2 Å². The van der Waals surface area contributed by atoms with Gasteiger partial charge in [0.05, 0.1) is 0 Å². The fraction of sp³-hybridized carbons (Fsp3) is 0.286. The number of nitrogens with one attached hydrogen (secondary N) is 1. The van der Waals surface area contributed by atoms with E-state index in [1.807, 2.05) is 30.3 Å². The second kappa shape index (κ2) is 8.22. The van der Waals surface area contributed by atoms with Crippen LogP contribution in [0.15, 0.2) is 48.5 Å². The first-order chi connectivity index (χ1) is 14.1. The molecule has 8 nitrogen and oxygen atoms in total. The summed E-state index contributed by atoms with van der Waals surface area (Å²) in [5, 5.41) is 2.80. The molecule has 1 fully saturated rings. The molecule has 1 saturated heterocycles. The summed E-state index contributed by atoms with van der Waals surface area (Å²) in [6, 6.07) is 14.9. The van der Waals surface area contributed by atoms with E-state index in [0.29, 0.717) is 36.7 Å². The van der Waals surface area contributed by atoms with Gasteiger partial charge in [-0.2, -0.15) is 0 Å². The Labute approximate surface area is 168 Å². The molecule has 2 heterocycles. The first kappa shape index (κ1) is 18.8. The Morgan fingerprint density at radius 1 is 0.966 bits per heavy atom. The first-order valence-corrected chi connectivity index (χ1v) is 9.43. The van der Waals surface area contributed by atoms with Gasteiger partial charge < -0.3 is 24.6 Å². The maximum atomic E-state index is 12.5. The molecule has 0 atom stereocenters. The molecule has 8 heteroatoms. The summed E-state index contributed by atoms with van der Waals surface area (Å²) in [5.74, 6) is -0.473. The highest BCUT2D eigenvalue weighted by molar-refractivity contribution is 6.41. The Hall–Kier alpha value is -3.55. The zero-order valence-electron chi connectivity index (χ0n) is 15.8. The minimum atomic E-state index is -0.688. The molecule has 3 amide bonds. The zero-order chi connectivity index (χ0) is 20.2. The average Bonchev–Trinajstić information content (AvgIpc) is 3.20. The van der Waals surface area contributed by atoms with Crippen molar-refractivity contribution in [2.24, 2.45) is 0 Å². The van der Waals surface area contributed by atoms with Crippen molar-refractivity contribution in [3.05, 3.63) is 54.1 Å². The first-order valence-electron chi connectivity index (χ1n) is 9.43. The third-order valence-electron chi connectivity index (χ3n) is 4.89. The van der Waals surface area contributed by atoms with Crippen molar-refractivity contribution in [2.45, 2.75) is 6.42 Å². The summed E-state index contributed by atoms with van der Waals surface area (Å²) in [4.78, 5) is 39.9. The van der Waals surface area contributed by atoms with E-state index in [9.17, 15) is 14.4 Å². The van der Waals surface area contributed by atoms with Gasteiger partial charge in [-0.05, 0) is 24.1 Å². The zero-order valence-corrected chi connectivity index (χ0v) is 15.8. The summed E-state index contributed by atoms with van der Waals surface area (Å²) in [6.45, 7) is 1.07. The smallest absolute Gasteiger partial charge is 0.316 e. The summed E-state index contributed by atoms with van der Waals surface area (Å²) >= 11 is 0. The predicted molar refractivity (Wildman–Crippen MR) is 105 cm³/mol. The van der Waals surface area contributed by atoms with Crippen LogP contribution in [0.3, 0.4) is 0 Å². The van der Waals surface area contributed by atoms with E-state index < -0.39 is 11.8 Å². The molecule has 2 aromatic rings. The molecule has 0 radical (unpaired) electrons. The molecule has 2 aromatic carbocycles. The standard InChI is InChI=1S/C21H21N3O5/c25-19(22-9-8-15-4-2-1-3-5-15)13-23-10-11-24(21(27)20(23)26)16-6-7-17-18(12-16)29-14-28-17/h1-7,12H,8-11,13-14H2,(H,22,25). The lowest BCUT2D eigenvalue weighted by Crippen LogP contribution is -2.56. The van der Waals surface area contributed by atoms with Crippen molar-refractivity contribution in [1.82, 2.24) is 10.2 Å². The van der Waals surface area contributed by atoms with Gasteiger partial charge in [0.2, 0.25) is 12.7 Å². The number of carbonyl (C=O) groups is 3. The molecule has 29 heavy (non-hydrogen) atoms. The molecular formula is C21H21N3O5. The second-order valence-corrected chi connectivity index (χ2v) is 6.81. The van der Waals surface area contributed by atoms with Gasteiger partial charge in [0, 0.05) is 31.4 Å². The van der Waals surface area contributed by atoms with Gasteiger partial charge in [-0.25, -0.2) is 0 Å². The highest BCUT2D eigenvalue weighted by atomic mass is 16.7. The van der Waals surface area contributed by atoms with Crippen molar-refractivity contribution < 1.29 is 23.9 Å². The van der Waals surface area contributed by atoms with Crippen molar-refractivity contribution >= 4 is 23.4 Å². The Bertz CT molecular complexity index is 931. The number of piperazine rings is 1. The van der Waals surface area contributed by atoms with E-state index in [0.717, 1.165) is 5.56 Å². The van der Waals surface area contributed by atoms with Gasteiger partial charge in [0.15, 0.2) is 11.5 Å². The van der Waals surface area contributed by atoms with E-state index in [-0.39, 0.29) is 25.8 Å². The molecule has 2 aliphatic rings. The number of benzene rings is 2. The number of amides is 3. The summed E-state index contributed by atoms with van der Waals surface area (Å²) in [6.07, 6.45) is 0.706. The number of carbonyl (C=O) groups excluding carboxylic acids is 3. The average molecular weight is 395 g/mol. The lowest BCUT2D eigenvalue weighted by molar-refractivity contribution is -0.147. The summed E-state index contributed by atoms with van der Waals surface area (Å²) < 4.78 is 10.6. The lowest BCUT2D eigenvalue weighted by Gasteiger charge is -2.33. The van der Waals surface area contributed by atoms with Crippen molar-refractivity contribution in [2.75, 3.05) is 37.9 Å². The summed E-state index contributed by atoms with van der Waals surface area (Å²) in [5.41, 5.74) is 1.69. The molecule has 0 bridgehead atoms. The number of nitrogens with zero attached hydrogens (tertiary/aromatic N) is 2. The van der Waals surface area contributed by atoms with Crippen LogP contribution in [-0.2, 0) is 20.8 Å². The Balaban J connectivity index is 1.30. The van der Waals surface area contributed by atoms with Gasteiger partial charge in [0.25, 0.3) is 0 Å². The number of hydrogen-bond donors (Lipinski definition) is 1. The molecule has 0 aliphatic carbocycles. The fourth-order valence-corrected chi connectivity index (χ4v) is 3.35. The number of hydrogen-bond acceptors (Lipinski definition) is 5.